The summed E-state index contributed by atoms with van der Waals surface area (Å²) in [4.78, 5) is 8.58. The highest BCUT2D eigenvalue weighted by Crippen LogP contribution is 2.34. The van der Waals surface area contributed by atoms with E-state index in [1.807, 2.05) is 28.9 Å². The Kier molecular flexibility index (Phi) is 5.30. The molecule has 0 saturated carbocycles. The molecule has 2 aromatic heterocycles. The smallest absolute Gasteiger partial charge is 0.164 e. The van der Waals surface area contributed by atoms with Gasteiger partial charge >= 0.3 is 0 Å². The second-order valence-electron chi connectivity index (χ2n) is 7.91. The Balaban J connectivity index is 1.74. The summed E-state index contributed by atoms with van der Waals surface area (Å²) in [5, 5.41) is 6.67. The van der Waals surface area contributed by atoms with Crippen LogP contribution >= 0.6 is 23.2 Å². The Hall–Kier alpha value is -2.83. The number of halogens is 2. The molecule has 2 aromatic carbocycles. The summed E-state index contributed by atoms with van der Waals surface area (Å²) < 4.78 is 7.83. The first kappa shape index (κ1) is 20.4. The van der Waals surface area contributed by atoms with Crippen molar-refractivity contribution < 1.29 is 4.74 Å². The SMILES string of the molecule is CC(C)(C)n1nc(-c2cccc(OCc3c(Cl)cccc3Cl)c2)c2c(N)ncnc21. The molecule has 2 N–H and O–H groups in total. The fourth-order valence-electron chi connectivity index (χ4n) is 3.20. The number of anilines is 1. The number of nitrogens with two attached hydrogens (primary N) is 1. The average Bonchev–Trinajstić information content (AvgIpc) is 3.09. The van der Waals surface area contributed by atoms with Crippen molar-refractivity contribution in [2.24, 2.45) is 0 Å². The van der Waals surface area contributed by atoms with Gasteiger partial charge in [0.1, 0.15) is 30.2 Å². The quantitative estimate of drug-likeness (QED) is 0.438. The Morgan fingerprint density at radius 2 is 1.73 bits per heavy atom. The van der Waals surface area contributed by atoms with E-state index in [9.17, 15) is 0 Å². The van der Waals surface area contributed by atoms with E-state index in [1.165, 1.54) is 6.33 Å². The molecule has 0 unspecified atom stereocenters. The van der Waals surface area contributed by atoms with Crippen molar-refractivity contribution in [1.82, 2.24) is 19.7 Å². The molecule has 0 bridgehead atoms. The molecule has 0 atom stereocenters. The lowest BCUT2D eigenvalue weighted by atomic mass is 10.1. The molecular formula is C22H21Cl2N5O. The summed E-state index contributed by atoms with van der Waals surface area (Å²) >= 11 is 12.5. The first-order chi connectivity index (χ1) is 14.3. The zero-order valence-electron chi connectivity index (χ0n) is 16.9. The third-order valence-electron chi connectivity index (χ3n) is 4.68. The number of hydrogen-bond donors (Lipinski definition) is 1. The van der Waals surface area contributed by atoms with Gasteiger partial charge in [-0.2, -0.15) is 5.10 Å². The number of fused-ring (bicyclic) bond motifs is 1. The van der Waals surface area contributed by atoms with Gasteiger partial charge in [0.15, 0.2) is 5.65 Å². The fourth-order valence-corrected chi connectivity index (χ4v) is 3.71. The van der Waals surface area contributed by atoms with Crippen LogP contribution in [0.2, 0.25) is 10.0 Å². The number of rotatable bonds is 4. The largest absolute Gasteiger partial charge is 0.489 e. The normalized spacial score (nSPS) is 11.8. The number of nitrogen functional groups attached to an aromatic ring is 1. The summed E-state index contributed by atoms with van der Waals surface area (Å²) in [6.45, 7) is 6.45. The van der Waals surface area contributed by atoms with Crippen molar-refractivity contribution in [1.29, 1.82) is 0 Å². The van der Waals surface area contributed by atoms with Crippen LogP contribution in [0.4, 0.5) is 5.82 Å². The van der Waals surface area contributed by atoms with Gasteiger partial charge in [-0.3, -0.25) is 0 Å². The van der Waals surface area contributed by atoms with Crippen molar-refractivity contribution in [3.8, 4) is 17.0 Å². The van der Waals surface area contributed by atoms with Gasteiger partial charge < -0.3 is 10.5 Å². The first-order valence-corrected chi connectivity index (χ1v) is 10.2. The monoisotopic (exact) mass is 441 g/mol. The van der Waals surface area contributed by atoms with Crippen LogP contribution in [-0.4, -0.2) is 19.7 Å². The van der Waals surface area contributed by atoms with Gasteiger partial charge in [0, 0.05) is 21.2 Å². The molecule has 6 nitrogen and oxygen atoms in total. The number of ether oxygens (including phenoxy) is 1. The van der Waals surface area contributed by atoms with Crippen LogP contribution in [-0.2, 0) is 12.1 Å². The minimum atomic E-state index is -0.272. The minimum absolute atomic E-state index is 0.254. The molecule has 0 aliphatic heterocycles. The van der Waals surface area contributed by atoms with Crippen molar-refractivity contribution in [2.75, 3.05) is 5.73 Å². The maximum Gasteiger partial charge on any atom is 0.164 e. The van der Waals surface area contributed by atoms with E-state index < -0.39 is 0 Å². The lowest BCUT2D eigenvalue weighted by Crippen LogP contribution is -2.23. The highest BCUT2D eigenvalue weighted by atomic mass is 35.5. The maximum absolute atomic E-state index is 6.25. The molecule has 0 aliphatic carbocycles. The molecule has 30 heavy (non-hydrogen) atoms. The molecular weight excluding hydrogens is 421 g/mol. The second-order valence-corrected chi connectivity index (χ2v) is 8.72. The number of nitrogens with zero attached hydrogens (tertiary/aromatic N) is 4. The number of aromatic nitrogens is 4. The van der Waals surface area contributed by atoms with Gasteiger partial charge in [-0.05, 0) is 45.0 Å². The maximum atomic E-state index is 6.25. The molecule has 0 spiro atoms. The third kappa shape index (κ3) is 3.80. The van der Waals surface area contributed by atoms with E-state index in [4.69, 9.17) is 38.8 Å². The first-order valence-electron chi connectivity index (χ1n) is 9.41. The van der Waals surface area contributed by atoms with Gasteiger partial charge in [-0.1, -0.05) is 41.4 Å². The summed E-state index contributed by atoms with van der Waals surface area (Å²) in [7, 11) is 0. The Bertz CT molecular complexity index is 1210. The molecule has 0 aliphatic rings. The number of benzene rings is 2. The molecule has 0 radical (unpaired) electrons. The van der Waals surface area contributed by atoms with Crippen LogP contribution < -0.4 is 10.5 Å². The van der Waals surface area contributed by atoms with Crippen molar-refractivity contribution in [2.45, 2.75) is 32.9 Å². The molecule has 2 heterocycles. The Morgan fingerprint density at radius 1 is 1.03 bits per heavy atom. The second kappa shape index (κ2) is 7.78. The molecule has 0 fully saturated rings. The molecule has 154 valence electrons. The summed E-state index contributed by atoms with van der Waals surface area (Å²) in [5.74, 6) is 1.05. The molecule has 8 heteroatoms. The zero-order chi connectivity index (χ0) is 21.5. The summed E-state index contributed by atoms with van der Waals surface area (Å²) in [6, 6.07) is 13.0. The minimum Gasteiger partial charge on any atom is -0.489 e. The van der Waals surface area contributed by atoms with Crippen molar-refractivity contribution in [3.05, 3.63) is 64.4 Å². The van der Waals surface area contributed by atoms with Crippen molar-refractivity contribution in [3.63, 3.8) is 0 Å². The highest BCUT2D eigenvalue weighted by molar-refractivity contribution is 6.35. The predicted molar refractivity (Wildman–Crippen MR) is 121 cm³/mol. The van der Waals surface area contributed by atoms with E-state index in [0.717, 1.165) is 16.5 Å². The van der Waals surface area contributed by atoms with Crippen LogP contribution in [0.15, 0.2) is 48.8 Å². The van der Waals surface area contributed by atoms with Gasteiger partial charge in [0.2, 0.25) is 0 Å². The molecule has 4 aromatic rings. The topological polar surface area (TPSA) is 78.9 Å². The van der Waals surface area contributed by atoms with E-state index in [2.05, 4.69) is 30.7 Å². The molecule has 0 amide bonds. The van der Waals surface area contributed by atoms with E-state index in [1.54, 1.807) is 18.2 Å². The number of hydrogen-bond acceptors (Lipinski definition) is 5. The Morgan fingerprint density at radius 3 is 2.43 bits per heavy atom. The molecule has 0 saturated heterocycles. The van der Waals surface area contributed by atoms with Crippen LogP contribution in [0.25, 0.3) is 22.3 Å². The van der Waals surface area contributed by atoms with Crippen molar-refractivity contribution >= 4 is 40.1 Å². The van der Waals surface area contributed by atoms with E-state index in [0.29, 0.717) is 33.0 Å². The van der Waals surface area contributed by atoms with Crippen LogP contribution in [0.1, 0.15) is 26.3 Å². The van der Waals surface area contributed by atoms with Gasteiger partial charge in [-0.15, -0.1) is 0 Å². The van der Waals surface area contributed by atoms with Crippen LogP contribution in [0, 0.1) is 0 Å². The highest BCUT2D eigenvalue weighted by Gasteiger charge is 2.24. The summed E-state index contributed by atoms with van der Waals surface area (Å²) in [6.07, 6.45) is 1.46. The zero-order valence-corrected chi connectivity index (χ0v) is 18.4. The molecule has 4 rings (SSSR count). The van der Waals surface area contributed by atoms with Crippen LogP contribution in [0.5, 0.6) is 5.75 Å². The van der Waals surface area contributed by atoms with E-state index in [-0.39, 0.29) is 12.1 Å². The fraction of sp³-hybridized carbons (Fsp3) is 0.227. The third-order valence-corrected chi connectivity index (χ3v) is 5.39. The average molecular weight is 442 g/mol. The predicted octanol–water partition coefficient (Wildman–Crippen LogP) is 5.72. The standard InChI is InChI=1S/C22H21Cl2N5O/c1-22(2,3)29-21-18(20(25)26-12-27-21)19(28-29)13-6-4-7-14(10-13)30-11-15-16(23)8-5-9-17(15)24/h4-10,12H,11H2,1-3H3,(H2,25,26,27). The summed E-state index contributed by atoms with van der Waals surface area (Å²) in [5.41, 5.74) is 8.92. The van der Waals surface area contributed by atoms with Gasteiger partial charge in [-0.25, -0.2) is 14.6 Å². The van der Waals surface area contributed by atoms with Gasteiger partial charge in [0.05, 0.1) is 10.9 Å². The Labute approximate surface area is 184 Å². The van der Waals surface area contributed by atoms with E-state index >= 15 is 0 Å². The lowest BCUT2D eigenvalue weighted by Gasteiger charge is -2.19. The lowest BCUT2D eigenvalue weighted by molar-refractivity contribution is 0.306. The van der Waals surface area contributed by atoms with Gasteiger partial charge in [0.25, 0.3) is 0 Å². The van der Waals surface area contributed by atoms with Crippen LogP contribution in [0.3, 0.4) is 0 Å².